The van der Waals surface area contributed by atoms with E-state index in [1.807, 2.05) is 13.8 Å². The van der Waals surface area contributed by atoms with Gasteiger partial charge in [0.15, 0.2) is 0 Å². The highest BCUT2D eigenvalue weighted by atomic mass is 16.5. The van der Waals surface area contributed by atoms with Gasteiger partial charge in [-0.15, -0.1) is 0 Å². The van der Waals surface area contributed by atoms with Gasteiger partial charge in [0.1, 0.15) is 11.9 Å². The first-order chi connectivity index (χ1) is 13.0. The molecular weight excluding hydrogens is 348 g/mol. The van der Waals surface area contributed by atoms with Crippen LogP contribution in [0.2, 0.25) is 0 Å². The maximum absolute atomic E-state index is 12.5. The van der Waals surface area contributed by atoms with Crippen molar-refractivity contribution in [3.63, 3.8) is 0 Å². The summed E-state index contributed by atoms with van der Waals surface area (Å²) in [5, 5.41) is 2.89. The number of amides is 2. The zero-order valence-corrected chi connectivity index (χ0v) is 15.6. The van der Waals surface area contributed by atoms with Gasteiger partial charge in [0, 0.05) is 31.2 Å². The van der Waals surface area contributed by atoms with E-state index in [2.05, 4.69) is 25.3 Å². The van der Waals surface area contributed by atoms with Crippen LogP contribution in [-0.2, 0) is 22.4 Å². The number of imidazole rings is 1. The first kappa shape index (κ1) is 19.0. The van der Waals surface area contributed by atoms with Gasteiger partial charge in [0.25, 0.3) is 5.91 Å². The van der Waals surface area contributed by atoms with Crippen LogP contribution in [0.25, 0.3) is 0 Å². The summed E-state index contributed by atoms with van der Waals surface area (Å²) in [7, 11) is 0. The van der Waals surface area contributed by atoms with Crippen LogP contribution in [0.15, 0.2) is 25.0 Å². The molecule has 2 N–H and O–H groups in total. The van der Waals surface area contributed by atoms with Crippen molar-refractivity contribution in [3.8, 4) is 0 Å². The molecule has 0 radical (unpaired) electrons. The third-order valence-corrected chi connectivity index (χ3v) is 4.58. The van der Waals surface area contributed by atoms with Crippen LogP contribution in [0.4, 0.5) is 0 Å². The van der Waals surface area contributed by atoms with Crippen molar-refractivity contribution in [2.75, 3.05) is 26.2 Å². The fourth-order valence-electron chi connectivity index (χ4n) is 3.10. The van der Waals surface area contributed by atoms with Gasteiger partial charge in [-0.25, -0.2) is 15.0 Å². The quantitative estimate of drug-likeness (QED) is 0.757. The molecule has 2 aromatic heterocycles. The fourth-order valence-corrected chi connectivity index (χ4v) is 3.10. The summed E-state index contributed by atoms with van der Waals surface area (Å²) < 4.78 is 5.86. The van der Waals surface area contributed by atoms with E-state index in [0.717, 1.165) is 5.69 Å². The topological polar surface area (TPSA) is 113 Å². The van der Waals surface area contributed by atoms with Crippen molar-refractivity contribution in [3.05, 3.63) is 42.0 Å². The van der Waals surface area contributed by atoms with Gasteiger partial charge < -0.3 is 19.9 Å². The summed E-state index contributed by atoms with van der Waals surface area (Å²) >= 11 is 0. The number of nitrogens with zero attached hydrogens (tertiary/aromatic N) is 4. The lowest BCUT2D eigenvalue weighted by molar-refractivity contribution is -0.146. The van der Waals surface area contributed by atoms with Crippen molar-refractivity contribution in [1.29, 1.82) is 0 Å². The Balaban J connectivity index is 1.58. The monoisotopic (exact) mass is 372 g/mol. The summed E-state index contributed by atoms with van der Waals surface area (Å²) in [6.45, 7) is 5.49. The Kier molecular flexibility index (Phi) is 5.80. The van der Waals surface area contributed by atoms with Crippen LogP contribution in [0.1, 0.15) is 35.6 Å². The second-order valence-corrected chi connectivity index (χ2v) is 6.79. The molecule has 0 aliphatic carbocycles. The fraction of sp³-hybridized carbons (Fsp3) is 0.500. The zero-order chi connectivity index (χ0) is 19.3. The molecule has 9 nitrogen and oxygen atoms in total. The van der Waals surface area contributed by atoms with Crippen molar-refractivity contribution in [2.24, 2.45) is 0 Å². The molecular formula is C18H24N6O3. The molecule has 0 bridgehead atoms. The molecule has 1 fully saturated rings. The number of aromatic amines is 1. The maximum atomic E-state index is 12.5. The van der Waals surface area contributed by atoms with Crippen LogP contribution in [0, 0.1) is 0 Å². The van der Waals surface area contributed by atoms with E-state index in [0.29, 0.717) is 37.4 Å². The highest BCUT2D eigenvalue weighted by molar-refractivity contribution is 5.95. The van der Waals surface area contributed by atoms with Gasteiger partial charge in [-0.1, -0.05) is 6.92 Å². The van der Waals surface area contributed by atoms with Gasteiger partial charge in [-0.05, 0) is 13.3 Å². The molecule has 1 unspecified atom stereocenters. The number of aryl methyl sites for hydroxylation is 1. The highest BCUT2D eigenvalue weighted by Gasteiger charge is 2.34. The van der Waals surface area contributed by atoms with Crippen LogP contribution in [-0.4, -0.2) is 68.5 Å². The molecule has 3 rings (SSSR count). The Morgan fingerprint density at radius 3 is 2.96 bits per heavy atom. The normalized spacial score (nSPS) is 19.7. The third-order valence-electron chi connectivity index (χ3n) is 4.58. The van der Waals surface area contributed by atoms with Crippen molar-refractivity contribution in [2.45, 2.75) is 32.3 Å². The van der Waals surface area contributed by atoms with Crippen LogP contribution in [0.3, 0.4) is 0 Å². The van der Waals surface area contributed by atoms with Crippen molar-refractivity contribution >= 4 is 11.8 Å². The molecule has 1 aliphatic rings. The summed E-state index contributed by atoms with van der Waals surface area (Å²) in [6, 6.07) is 0. The first-order valence-corrected chi connectivity index (χ1v) is 8.97. The second-order valence-electron chi connectivity index (χ2n) is 6.79. The van der Waals surface area contributed by atoms with Gasteiger partial charge in [0.2, 0.25) is 5.91 Å². The molecule has 9 heteroatoms. The Labute approximate surface area is 157 Å². The lowest BCUT2D eigenvalue weighted by Crippen LogP contribution is -2.57. The van der Waals surface area contributed by atoms with Crippen LogP contribution in [0.5, 0.6) is 0 Å². The molecule has 2 amide bonds. The number of ether oxygens (including phenoxy) is 1. The van der Waals surface area contributed by atoms with E-state index in [1.165, 1.54) is 12.5 Å². The molecule has 3 heterocycles. The number of aromatic nitrogens is 4. The molecule has 0 saturated carbocycles. The highest BCUT2D eigenvalue weighted by Crippen LogP contribution is 2.18. The average Bonchev–Trinajstić information content (AvgIpc) is 3.19. The third kappa shape index (κ3) is 4.68. The average molecular weight is 372 g/mol. The number of nitrogens with one attached hydrogen (secondary N) is 2. The standard InChI is InChI=1S/C18H24N6O3/c1-3-15-14(8-20-12-23-15)17(26)21-9-18(2)10-24(4-5-27-18)16(25)6-13-7-19-11-22-13/h7-8,11-12H,3-6,9-10H2,1-2H3,(H,19,22)(H,21,26). The molecule has 0 aromatic carbocycles. The summed E-state index contributed by atoms with van der Waals surface area (Å²) in [6.07, 6.45) is 7.07. The van der Waals surface area contributed by atoms with E-state index >= 15 is 0 Å². The second kappa shape index (κ2) is 8.26. The van der Waals surface area contributed by atoms with Gasteiger partial charge in [-0.2, -0.15) is 0 Å². The first-order valence-electron chi connectivity index (χ1n) is 8.97. The smallest absolute Gasteiger partial charge is 0.254 e. The minimum atomic E-state index is -0.653. The minimum Gasteiger partial charge on any atom is -0.370 e. The Morgan fingerprint density at radius 2 is 2.22 bits per heavy atom. The van der Waals surface area contributed by atoms with E-state index in [4.69, 9.17) is 4.74 Å². The minimum absolute atomic E-state index is 0.00447. The molecule has 0 spiro atoms. The largest absolute Gasteiger partial charge is 0.370 e. The van der Waals surface area contributed by atoms with Crippen LogP contribution < -0.4 is 5.32 Å². The van der Waals surface area contributed by atoms with Gasteiger partial charge >= 0.3 is 0 Å². The maximum Gasteiger partial charge on any atom is 0.254 e. The van der Waals surface area contributed by atoms with Crippen molar-refractivity contribution in [1.82, 2.24) is 30.2 Å². The molecule has 1 saturated heterocycles. The van der Waals surface area contributed by atoms with E-state index in [1.54, 1.807) is 17.4 Å². The summed E-state index contributed by atoms with van der Waals surface area (Å²) in [4.78, 5) is 41.7. The Bertz CT molecular complexity index is 794. The molecule has 1 atom stereocenters. The lowest BCUT2D eigenvalue weighted by atomic mass is 10.0. The van der Waals surface area contributed by atoms with Gasteiger partial charge in [-0.3, -0.25) is 9.59 Å². The number of rotatable bonds is 6. The van der Waals surface area contributed by atoms with Gasteiger partial charge in [0.05, 0.1) is 37.2 Å². The SMILES string of the molecule is CCc1ncncc1C(=O)NCC1(C)CN(C(=O)Cc2cnc[nH]2)CCO1. The molecule has 2 aromatic rings. The summed E-state index contributed by atoms with van der Waals surface area (Å²) in [5.74, 6) is -0.233. The lowest BCUT2D eigenvalue weighted by Gasteiger charge is -2.40. The number of carbonyl (C=O) groups is 2. The number of morpholine rings is 1. The molecule has 144 valence electrons. The number of hydrogen-bond donors (Lipinski definition) is 2. The number of hydrogen-bond acceptors (Lipinski definition) is 6. The Hall–Kier alpha value is -2.81. The Morgan fingerprint density at radius 1 is 1.37 bits per heavy atom. The van der Waals surface area contributed by atoms with Crippen molar-refractivity contribution < 1.29 is 14.3 Å². The molecule has 27 heavy (non-hydrogen) atoms. The van der Waals surface area contributed by atoms with E-state index < -0.39 is 5.60 Å². The number of carbonyl (C=O) groups excluding carboxylic acids is 2. The molecule has 1 aliphatic heterocycles. The zero-order valence-electron chi connectivity index (χ0n) is 15.6. The summed E-state index contributed by atoms with van der Waals surface area (Å²) in [5.41, 5.74) is 1.29. The van der Waals surface area contributed by atoms with Crippen LogP contribution >= 0.6 is 0 Å². The predicted octanol–water partition coefficient (Wildman–Crippen LogP) is 0.352. The predicted molar refractivity (Wildman–Crippen MR) is 97.0 cm³/mol. The van der Waals surface area contributed by atoms with E-state index in [9.17, 15) is 9.59 Å². The van der Waals surface area contributed by atoms with E-state index in [-0.39, 0.29) is 24.8 Å². The number of H-pyrrole nitrogens is 1.